The predicted molar refractivity (Wildman–Crippen MR) is 198 cm³/mol. The number of piperazine rings is 1. The maximum atomic E-state index is 14.1. The number of fused-ring (bicyclic) bond motifs is 5. The minimum absolute atomic E-state index is 0.111. The highest BCUT2D eigenvalue weighted by molar-refractivity contribution is 6.01. The molecule has 0 saturated carbocycles. The molecule has 2 bridgehead atoms. The van der Waals surface area contributed by atoms with Gasteiger partial charge in [0.2, 0.25) is 0 Å². The van der Waals surface area contributed by atoms with E-state index in [1.165, 1.54) is 9.80 Å². The van der Waals surface area contributed by atoms with Crippen LogP contribution in [0.1, 0.15) is 61.3 Å². The first-order valence-electron chi connectivity index (χ1n) is 19.3. The number of nitrogens with one attached hydrogen (secondary N) is 1. The largest absolute Gasteiger partial charge is 0.436 e. The number of anilines is 1. The van der Waals surface area contributed by atoms with Gasteiger partial charge in [-0.2, -0.15) is 26.3 Å². The molecule has 4 aliphatic heterocycles. The van der Waals surface area contributed by atoms with E-state index in [0.29, 0.717) is 72.7 Å². The average molecular weight is 803 g/mol. The fourth-order valence-corrected chi connectivity index (χ4v) is 9.47. The van der Waals surface area contributed by atoms with E-state index >= 15 is 0 Å². The molecule has 57 heavy (non-hydrogen) atoms. The topological polar surface area (TPSA) is 133 Å². The summed E-state index contributed by atoms with van der Waals surface area (Å²) in [6.45, 7) is 1.80. The van der Waals surface area contributed by atoms with Crippen LogP contribution in [0, 0.1) is 0 Å². The molecule has 18 heteroatoms. The van der Waals surface area contributed by atoms with Crippen molar-refractivity contribution >= 4 is 39.6 Å². The zero-order valence-corrected chi connectivity index (χ0v) is 31.3. The van der Waals surface area contributed by atoms with Gasteiger partial charge in [-0.05, 0) is 69.3 Å². The van der Waals surface area contributed by atoms with Crippen LogP contribution in [0.4, 0.5) is 36.8 Å². The fourth-order valence-electron chi connectivity index (χ4n) is 9.47. The van der Waals surface area contributed by atoms with Gasteiger partial charge >= 0.3 is 24.1 Å². The van der Waals surface area contributed by atoms with Gasteiger partial charge in [0.15, 0.2) is 6.10 Å². The number of halogens is 6. The molecule has 2 amide bonds. The third kappa shape index (κ3) is 7.53. The number of H-pyrrole nitrogens is 1. The lowest BCUT2D eigenvalue weighted by Crippen LogP contribution is -2.57. The zero-order chi connectivity index (χ0) is 40.4. The van der Waals surface area contributed by atoms with Crippen LogP contribution in [0.15, 0.2) is 47.4 Å². The first-order chi connectivity index (χ1) is 27.1. The second-order valence-electron chi connectivity index (χ2n) is 15.8. The molecule has 4 aliphatic rings. The number of alkyl halides is 6. The number of benzene rings is 2. The number of nitrogens with two attached hydrogens (primary N) is 1. The molecule has 6 heterocycles. The number of nitrogens with zero attached hydrogens (tertiary/aromatic N) is 6. The molecular weight excluding hydrogens is 758 g/mol. The number of carbonyl (C=O) groups excluding carboxylic acids is 2. The van der Waals surface area contributed by atoms with Gasteiger partial charge < -0.3 is 30.2 Å². The summed E-state index contributed by atoms with van der Waals surface area (Å²) in [7, 11) is 2.15. The van der Waals surface area contributed by atoms with E-state index in [-0.39, 0.29) is 37.9 Å². The standard InChI is InChI=1S/C39H44F6N8O4/c1-49-24-6-7-25(49)20-26(19-24)50-12-14-51(15-13-50)35(54)32(18-22-16-28(38(40,41)42)33(46)29(17-22)39(43,44)45)57-37(56)52-10-8-23(9-11-52)53-31-21-47-30-5-3-2-4-27(30)34(31)48-36(53)55/h2-5,16-17,21,23-26,32H,6-15,18-20,46H2,1H3,(H,48,55)/t24?,25?,26?,32-/m1/s1. The number of imidazole rings is 1. The Morgan fingerprint density at radius 2 is 1.47 bits per heavy atom. The Morgan fingerprint density at radius 1 is 0.860 bits per heavy atom. The van der Waals surface area contributed by atoms with Crippen molar-refractivity contribution in [3.8, 4) is 0 Å². The fraction of sp³-hybridized carbons (Fsp3) is 0.538. The second-order valence-corrected chi connectivity index (χ2v) is 15.8. The minimum atomic E-state index is -5.22. The zero-order valence-electron chi connectivity index (χ0n) is 31.3. The highest BCUT2D eigenvalue weighted by atomic mass is 19.4. The minimum Gasteiger partial charge on any atom is -0.436 e. The highest BCUT2D eigenvalue weighted by Crippen LogP contribution is 2.42. The molecule has 12 nitrogen and oxygen atoms in total. The summed E-state index contributed by atoms with van der Waals surface area (Å²) in [5.41, 5.74) is 1.64. The summed E-state index contributed by atoms with van der Waals surface area (Å²) in [5.74, 6) is -0.703. The lowest BCUT2D eigenvalue weighted by Gasteiger charge is -2.45. The summed E-state index contributed by atoms with van der Waals surface area (Å²) < 4.78 is 91.2. The number of amides is 2. The van der Waals surface area contributed by atoms with E-state index in [1.54, 1.807) is 10.8 Å². The monoisotopic (exact) mass is 802 g/mol. The van der Waals surface area contributed by atoms with E-state index in [1.807, 2.05) is 24.3 Å². The number of pyridine rings is 1. The lowest BCUT2D eigenvalue weighted by atomic mass is 9.95. The van der Waals surface area contributed by atoms with Crippen LogP contribution >= 0.6 is 0 Å². The van der Waals surface area contributed by atoms with Gasteiger partial charge in [0, 0.05) is 75.2 Å². The Morgan fingerprint density at radius 3 is 2.09 bits per heavy atom. The molecule has 3 N–H and O–H groups in total. The molecule has 3 atom stereocenters. The molecular formula is C39H44F6N8O4. The Kier molecular flexibility index (Phi) is 10.1. The Hall–Kier alpha value is -4.84. The van der Waals surface area contributed by atoms with E-state index in [4.69, 9.17) is 10.5 Å². The molecule has 2 unspecified atom stereocenters. The molecule has 306 valence electrons. The van der Waals surface area contributed by atoms with Crippen LogP contribution in [-0.4, -0.2) is 117 Å². The second kappa shape index (κ2) is 14.8. The average Bonchev–Trinajstić information content (AvgIpc) is 3.60. The number of ether oxygens (including phenoxy) is 1. The Labute approximate surface area is 323 Å². The molecule has 8 rings (SSSR count). The number of aromatic nitrogens is 3. The first-order valence-corrected chi connectivity index (χ1v) is 19.3. The van der Waals surface area contributed by atoms with E-state index in [9.17, 15) is 40.7 Å². The van der Waals surface area contributed by atoms with Crippen LogP contribution in [0.3, 0.4) is 0 Å². The van der Waals surface area contributed by atoms with Crippen molar-refractivity contribution in [1.82, 2.24) is 34.1 Å². The molecule has 2 aromatic heterocycles. The number of carbonyl (C=O) groups is 2. The molecule has 0 aliphatic carbocycles. The summed E-state index contributed by atoms with van der Waals surface area (Å²) >= 11 is 0. The highest BCUT2D eigenvalue weighted by Gasteiger charge is 2.44. The number of rotatable bonds is 6. The van der Waals surface area contributed by atoms with Crippen LogP contribution in [0.2, 0.25) is 0 Å². The number of piperidine rings is 2. The quantitative estimate of drug-likeness (QED) is 0.189. The van der Waals surface area contributed by atoms with E-state index in [2.05, 4.69) is 26.8 Å². The van der Waals surface area contributed by atoms with Crippen molar-refractivity contribution in [2.24, 2.45) is 0 Å². The third-order valence-corrected chi connectivity index (χ3v) is 12.6. The SMILES string of the molecule is CN1C2CCC1CC(N1CCN(C(=O)[C@@H](Cc3cc(C(F)(F)F)c(N)c(C(F)(F)F)c3)OC(=O)N3CCC(n4c(=O)[nH]c5c6ccccc6ncc54)CC3)CC1)C2. The number of hydrogen-bond acceptors (Lipinski definition) is 8. The Bertz CT molecular complexity index is 2170. The lowest BCUT2D eigenvalue weighted by molar-refractivity contribution is -0.143. The number of para-hydroxylation sites is 1. The van der Waals surface area contributed by atoms with E-state index in [0.717, 1.165) is 31.1 Å². The maximum absolute atomic E-state index is 14.1. The van der Waals surface area contributed by atoms with Crippen molar-refractivity contribution in [2.75, 3.05) is 52.0 Å². The normalized spacial score (nSPS) is 23.4. The van der Waals surface area contributed by atoms with Gasteiger partial charge in [-0.25, -0.2) is 9.59 Å². The Balaban J connectivity index is 1.00. The van der Waals surface area contributed by atoms with Gasteiger partial charge in [-0.1, -0.05) is 18.2 Å². The van der Waals surface area contributed by atoms with Crippen LogP contribution in [0.5, 0.6) is 0 Å². The number of hydrogen-bond donors (Lipinski definition) is 2. The number of aromatic amines is 1. The van der Waals surface area contributed by atoms with Crippen molar-refractivity contribution in [3.05, 3.63) is 69.8 Å². The molecule has 4 aromatic rings. The summed E-state index contributed by atoms with van der Waals surface area (Å²) in [6, 6.07) is 9.39. The van der Waals surface area contributed by atoms with Crippen molar-refractivity contribution in [1.29, 1.82) is 0 Å². The molecule has 0 spiro atoms. The summed E-state index contributed by atoms with van der Waals surface area (Å²) in [4.78, 5) is 56.0. The molecule has 0 radical (unpaired) electrons. The van der Waals surface area contributed by atoms with Crippen molar-refractivity contribution < 1.29 is 40.7 Å². The third-order valence-electron chi connectivity index (χ3n) is 12.6. The van der Waals surface area contributed by atoms with Gasteiger partial charge in [-0.15, -0.1) is 0 Å². The van der Waals surface area contributed by atoms with Crippen LogP contribution in [-0.2, 0) is 28.3 Å². The molecule has 4 saturated heterocycles. The molecule has 2 aromatic carbocycles. The number of likely N-dealkylation sites (tertiary alicyclic amines) is 1. The predicted octanol–water partition coefficient (Wildman–Crippen LogP) is 5.65. The van der Waals surface area contributed by atoms with Gasteiger partial charge in [0.1, 0.15) is 0 Å². The number of nitrogen functional groups attached to an aromatic ring is 1. The van der Waals surface area contributed by atoms with Gasteiger partial charge in [0.25, 0.3) is 5.91 Å². The molecule has 4 fully saturated rings. The first kappa shape index (κ1) is 39.0. The smallest absolute Gasteiger partial charge is 0.418 e. The van der Waals surface area contributed by atoms with Crippen LogP contribution < -0.4 is 11.4 Å². The van der Waals surface area contributed by atoms with Crippen molar-refractivity contribution in [2.45, 2.75) is 87.6 Å². The van der Waals surface area contributed by atoms with Crippen molar-refractivity contribution in [3.63, 3.8) is 0 Å². The maximum Gasteiger partial charge on any atom is 0.418 e. The van der Waals surface area contributed by atoms with Gasteiger partial charge in [0.05, 0.1) is 39.6 Å². The summed E-state index contributed by atoms with van der Waals surface area (Å²) in [5, 5.41) is 0.781. The van der Waals surface area contributed by atoms with Crippen LogP contribution in [0.25, 0.3) is 21.9 Å². The van der Waals surface area contributed by atoms with E-state index < -0.39 is 59.3 Å². The van der Waals surface area contributed by atoms with Gasteiger partial charge in [-0.3, -0.25) is 19.2 Å². The summed E-state index contributed by atoms with van der Waals surface area (Å²) in [6.07, 6.45) is -7.24.